The van der Waals surface area contributed by atoms with E-state index in [0.29, 0.717) is 29.2 Å². The van der Waals surface area contributed by atoms with E-state index in [-0.39, 0.29) is 17.1 Å². The Hall–Kier alpha value is -4.19. The molecule has 6 heteroatoms. The first kappa shape index (κ1) is 26.4. The van der Waals surface area contributed by atoms with Crippen LogP contribution in [0.25, 0.3) is 6.08 Å². The van der Waals surface area contributed by atoms with Crippen molar-refractivity contribution >= 4 is 23.6 Å². The van der Waals surface area contributed by atoms with Crippen LogP contribution in [0.5, 0.6) is 11.5 Å². The zero-order valence-electron chi connectivity index (χ0n) is 21.0. The minimum Gasteiger partial charge on any atom is -0.493 e. The van der Waals surface area contributed by atoms with Crippen molar-refractivity contribution in [3.8, 4) is 11.5 Å². The Morgan fingerprint density at radius 3 is 2.42 bits per heavy atom. The molecule has 1 aliphatic carbocycles. The lowest BCUT2D eigenvalue weighted by Crippen LogP contribution is -2.20. The lowest BCUT2D eigenvalue weighted by Gasteiger charge is -2.13. The largest absolute Gasteiger partial charge is 0.493 e. The molecule has 0 unspecified atom stereocenters. The number of benzene rings is 2. The van der Waals surface area contributed by atoms with Crippen molar-refractivity contribution in [2.45, 2.75) is 33.6 Å². The topological polar surface area (TPSA) is 78.9 Å². The van der Waals surface area contributed by atoms with Crippen LogP contribution in [0.1, 0.15) is 59.9 Å². The van der Waals surface area contributed by atoms with Crippen molar-refractivity contribution < 1.29 is 28.6 Å². The second kappa shape index (κ2) is 12.5. The van der Waals surface area contributed by atoms with Crippen LogP contribution in [0.15, 0.2) is 83.7 Å². The maximum Gasteiger partial charge on any atom is 0.336 e. The number of allylic oxidation sites excluding steroid dienone is 5. The minimum absolute atomic E-state index is 0.218. The summed E-state index contributed by atoms with van der Waals surface area (Å²) in [5.74, 6) is -0.838. The predicted molar refractivity (Wildman–Crippen MR) is 139 cm³/mol. The highest BCUT2D eigenvalue weighted by Gasteiger charge is 2.27. The molecule has 3 rings (SSSR count). The van der Waals surface area contributed by atoms with Gasteiger partial charge in [0, 0.05) is 23.3 Å². The van der Waals surface area contributed by atoms with E-state index in [9.17, 15) is 14.4 Å². The highest BCUT2D eigenvalue weighted by Crippen LogP contribution is 2.29. The highest BCUT2D eigenvalue weighted by molar-refractivity contribution is 6.24. The van der Waals surface area contributed by atoms with Crippen LogP contribution in [0.2, 0.25) is 0 Å². The zero-order chi connectivity index (χ0) is 26.1. The van der Waals surface area contributed by atoms with E-state index in [0.717, 1.165) is 18.9 Å². The number of carbonyl (C=O) groups excluding carboxylic acids is 3. The number of Topliss-reactive ketones (excluding diaryl/α,β-unsaturated/α-hetero) is 1. The van der Waals surface area contributed by atoms with Gasteiger partial charge in [-0.05, 0) is 63.5 Å². The number of ketones is 2. The number of hydrogen-bond acceptors (Lipinski definition) is 6. The standard InChI is InChI=1S/C30H30O6/c1-20(2)8-7-9-21(3)16-17-35-26-14-12-22(18-27(26)34-4)13-15-29(32)36-28-19-25(31)23-10-5-6-11-24(23)30(28)33/h5-6,8,10-16,18-19H,7,9,17H2,1-4H3/b15-13+,21-16+. The summed E-state index contributed by atoms with van der Waals surface area (Å²) in [7, 11) is 1.54. The SMILES string of the molecule is COc1cc(/C=C/C(=O)OC2=CC(=O)c3ccccc3C2=O)ccc1OC/C=C(\C)CCC=C(C)C. The number of fused-ring (bicyclic) bond motifs is 1. The second-order valence-corrected chi connectivity index (χ2v) is 8.59. The van der Waals surface area contributed by atoms with Gasteiger partial charge in [0.25, 0.3) is 0 Å². The van der Waals surface area contributed by atoms with Gasteiger partial charge in [0.15, 0.2) is 23.0 Å². The van der Waals surface area contributed by atoms with Crippen molar-refractivity contribution in [2.24, 2.45) is 0 Å². The molecule has 0 bridgehead atoms. The number of methoxy groups -OCH3 is 1. The van der Waals surface area contributed by atoms with Crippen molar-refractivity contribution in [1.29, 1.82) is 0 Å². The third-order valence-corrected chi connectivity index (χ3v) is 5.50. The summed E-state index contributed by atoms with van der Waals surface area (Å²) >= 11 is 0. The van der Waals surface area contributed by atoms with E-state index >= 15 is 0 Å². The highest BCUT2D eigenvalue weighted by atomic mass is 16.5. The quantitative estimate of drug-likeness (QED) is 0.223. The average Bonchev–Trinajstić information content (AvgIpc) is 2.86. The molecule has 0 aromatic heterocycles. The van der Waals surface area contributed by atoms with Gasteiger partial charge in [-0.15, -0.1) is 0 Å². The molecule has 6 nitrogen and oxygen atoms in total. The first-order valence-corrected chi connectivity index (χ1v) is 11.7. The molecule has 0 fully saturated rings. The second-order valence-electron chi connectivity index (χ2n) is 8.59. The summed E-state index contributed by atoms with van der Waals surface area (Å²) in [6, 6.07) is 11.7. The van der Waals surface area contributed by atoms with Gasteiger partial charge in [-0.1, -0.05) is 47.6 Å². The summed E-state index contributed by atoms with van der Waals surface area (Å²) in [4.78, 5) is 37.1. The van der Waals surface area contributed by atoms with E-state index < -0.39 is 11.8 Å². The molecule has 0 saturated carbocycles. The lowest BCUT2D eigenvalue weighted by molar-refractivity contribution is -0.133. The molecule has 2 aromatic carbocycles. The van der Waals surface area contributed by atoms with Gasteiger partial charge in [0.1, 0.15) is 6.61 Å². The Labute approximate surface area is 211 Å². The smallest absolute Gasteiger partial charge is 0.336 e. The van der Waals surface area contributed by atoms with Crippen LogP contribution >= 0.6 is 0 Å². The minimum atomic E-state index is -0.769. The maximum absolute atomic E-state index is 12.5. The van der Waals surface area contributed by atoms with E-state index in [2.05, 4.69) is 26.8 Å². The molecule has 1 aliphatic rings. The molecule has 0 N–H and O–H groups in total. The van der Waals surface area contributed by atoms with E-state index in [1.54, 1.807) is 43.5 Å². The number of rotatable bonds is 10. The van der Waals surface area contributed by atoms with Crippen LogP contribution < -0.4 is 9.47 Å². The van der Waals surface area contributed by atoms with E-state index in [4.69, 9.17) is 14.2 Å². The lowest BCUT2D eigenvalue weighted by atomic mass is 9.94. The predicted octanol–water partition coefficient (Wildman–Crippen LogP) is 6.29. The summed E-state index contributed by atoms with van der Waals surface area (Å²) in [5.41, 5.74) is 3.75. The maximum atomic E-state index is 12.5. The zero-order valence-corrected chi connectivity index (χ0v) is 21.0. The van der Waals surface area contributed by atoms with Crippen LogP contribution in [-0.2, 0) is 9.53 Å². The molecule has 0 spiro atoms. The fourth-order valence-electron chi connectivity index (χ4n) is 3.54. The van der Waals surface area contributed by atoms with Crippen molar-refractivity contribution in [3.63, 3.8) is 0 Å². The van der Waals surface area contributed by atoms with Gasteiger partial charge >= 0.3 is 5.97 Å². The van der Waals surface area contributed by atoms with Crippen molar-refractivity contribution in [1.82, 2.24) is 0 Å². The number of hydrogen-bond donors (Lipinski definition) is 0. The molecular weight excluding hydrogens is 456 g/mol. The Balaban J connectivity index is 1.59. The van der Waals surface area contributed by atoms with Crippen LogP contribution in [0, 0.1) is 0 Å². The molecular formula is C30H30O6. The molecule has 0 amide bonds. The molecule has 0 saturated heterocycles. The fraction of sp³-hybridized carbons (Fsp3) is 0.233. The van der Waals surface area contributed by atoms with Crippen LogP contribution in [0.3, 0.4) is 0 Å². The summed E-state index contributed by atoms with van der Waals surface area (Å²) < 4.78 is 16.4. The van der Waals surface area contributed by atoms with Crippen LogP contribution in [-0.4, -0.2) is 31.3 Å². The van der Waals surface area contributed by atoms with Gasteiger partial charge in [-0.25, -0.2) is 4.79 Å². The molecule has 2 aromatic rings. The van der Waals surface area contributed by atoms with Gasteiger partial charge < -0.3 is 14.2 Å². The Bertz CT molecular complexity index is 1270. The molecule has 0 heterocycles. The summed E-state index contributed by atoms with van der Waals surface area (Å²) in [6.07, 6.45) is 10.0. The van der Waals surface area contributed by atoms with E-state index in [1.165, 1.54) is 29.4 Å². The van der Waals surface area contributed by atoms with Gasteiger partial charge in [0.2, 0.25) is 5.78 Å². The average molecular weight is 487 g/mol. The number of esters is 1. The Morgan fingerprint density at radius 2 is 1.69 bits per heavy atom. The molecule has 0 radical (unpaired) electrons. The molecule has 0 atom stereocenters. The van der Waals surface area contributed by atoms with Crippen LogP contribution in [0.4, 0.5) is 0 Å². The summed E-state index contributed by atoms with van der Waals surface area (Å²) in [6.45, 7) is 6.68. The van der Waals surface area contributed by atoms with Gasteiger partial charge in [-0.2, -0.15) is 0 Å². The number of carbonyl (C=O) groups is 3. The normalized spacial score (nSPS) is 13.2. The summed E-state index contributed by atoms with van der Waals surface area (Å²) in [5, 5.41) is 0. The Morgan fingerprint density at radius 1 is 0.944 bits per heavy atom. The van der Waals surface area contributed by atoms with Gasteiger partial charge in [0.05, 0.1) is 7.11 Å². The fourth-order valence-corrected chi connectivity index (χ4v) is 3.54. The molecule has 36 heavy (non-hydrogen) atoms. The molecule has 186 valence electrons. The monoisotopic (exact) mass is 486 g/mol. The first-order valence-electron chi connectivity index (χ1n) is 11.7. The third kappa shape index (κ3) is 7.15. The van der Waals surface area contributed by atoms with Crippen molar-refractivity contribution in [2.75, 3.05) is 13.7 Å². The Kier molecular flexibility index (Phi) is 9.17. The van der Waals surface area contributed by atoms with Crippen molar-refractivity contribution in [3.05, 3.63) is 100 Å². The van der Waals surface area contributed by atoms with E-state index in [1.807, 2.05) is 6.08 Å². The number of ether oxygens (including phenoxy) is 3. The third-order valence-electron chi connectivity index (χ3n) is 5.50. The molecule has 0 aliphatic heterocycles. The van der Waals surface area contributed by atoms with Gasteiger partial charge in [-0.3, -0.25) is 9.59 Å². The first-order chi connectivity index (χ1) is 17.3.